The second-order valence-corrected chi connectivity index (χ2v) is 6.37. The first-order valence-corrected chi connectivity index (χ1v) is 7.64. The van der Waals surface area contributed by atoms with Crippen LogP contribution in [0.2, 0.25) is 0 Å². The highest BCUT2D eigenvalue weighted by Gasteiger charge is 2.34. The number of nitrogens with one attached hydrogen (secondary N) is 1. The van der Waals surface area contributed by atoms with Crippen molar-refractivity contribution < 1.29 is 9.53 Å². The van der Waals surface area contributed by atoms with E-state index in [4.69, 9.17) is 4.74 Å². The molecule has 0 spiro atoms. The molecule has 5 nitrogen and oxygen atoms in total. The smallest absolute Gasteiger partial charge is 0.325 e. The summed E-state index contributed by atoms with van der Waals surface area (Å²) in [4.78, 5) is 16.9. The molecule has 1 aliphatic rings. The maximum atomic E-state index is 12.1. The van der Waals surface area contributed by atoms with E-state index < -0.39 is 5.54 Å². The van der Waals surface area contributed by atoms with Crippen LogP contribution in [0.1, 0.15) is 33.6 Å². The van der Waals surface area contributed by atoms with Crippen LogP contribution < -0.4 is 5.32 Å². The van der Waals surface area contributed by atoms with Gasteiger partial charge in [0.1, 0.15) is 5.54 Å². The topological polar surface area (TPSA) is 44.8 Å². The number of esters is 1. The Balaban J connectivity index is 2.55. The van der Waals surface area contributed by atoms with E-state index in [0.29, 0.717) is 0 Å². The Hall–Kier alpha value is -0.650. The Morgan fingerprint density at radius 2 is 2.00 bits per heavy atom. The Morgan fingerprint density at radius 1 is 1.30 bits per heavy atom. The Labute approximate surface area is 123 Å². The molecule has 1 rings (SSSR count). The molecular weight excluding hydrogens is 254 g/mol. The lowest BCUT2D eigenvalue weighted by molar-refractivity contribution is -0.148. The predicted octanol–water partition coefficient (Wildman–Crippen LogP) is 0.944. The molecule has 0 aromatic heterocycles. The molecule has 1 N–H and O–H groups in total. The SMILES string of the molecule is COC(=O)C(C)(CCN1CCCN(C)CC1)NC(C)C. The first-order valence-electron chi connectivity index (χ1n) is 7.64. The summed E-state index contributed by atoms with van der Waals surface area (Å²) >= 11 is 0. The van der Waals surface area contributed by atoms with Crippen molar-refractivity contribution in [1.29, 1.82) is 0 Å². The van der Waals surface area contributed by atoms with E-state index in [1.807, 2.05) is 6.92 Å². The van der Waals surface area contributed by atoms with Gasteiger partial charge in [0.2, 0.25) is 0 Å². The van der Waals surface area contributed by atoms with E-state index in [-0.39, 0.29) is 12.0 Å². The number of likely N-dealkylation sites (N-methyl/N-ethyl adjacent to an activating group) is 1. The van der Waals surface area contributed by atoms with Gasteiger partial charge in [0.25, 0.3) is 0 Å². The van der Waals surface area contributed by atoms with Gasteiger partial charge in [-0.15, -0.1) is 0 Å². The van der Waals surface area contributed by atoms with Gasteiger partial charge in [0, 0.05) is 25.7 Å². The third-order valence-corrected chi connectivity index (χ3v) is 3.98. The molecule has 1 aliphatic heterocycles. The largest absolute Gasteiger partial charge is 0.468 e. The van der Waals surface area contributed by atoms with Crippen LogP contribution in [0.4, 0.5) is 0 Å². The molecule has 118 valence electrons. The fourth-order valence-corrected chi connectivity index (χ4v) is 2.80. The molecule has 1 unspecified atom stereocenters. The molecule has 0 amide bonds. The molecular formula is C15H31N3O2. The molecule has 0 bridgehead atoms. The minimum atomic E-state index is -0.596. The minimum Gasteiger partial charge on any atom is -0.468 e. The van der Waals surface area contributed by atoms with Gasteiger partial charge >= 0.3 is 5.97 Å². The number of methoxy groups -OCH3 is 1. The Bertz CT molecular complexity index is 309. The number of hydrogen-bond acceptors (Lipinski definition) is 5. The summed E-state index contributed by atoms with van der Waals surface area (Å²) in [5, 5.41) is 3.36. The zero-order valence-corrected chi connectivity index (χ0v) is 13.7. The summed E-state index contributed by atoms with van der Waals surface area (Å²) in [5.74, 6) is -0.168. The van der Waals surface area contributed by atoms with Crippen LogP contribution in [0.25, 0.3) is 0 Å². The third kappa shape index (κ3) is 5.38. The standard InChI is InChI=1S/C15H31N3O2/c1-13(2)16-15(3,14(19)20-5)7-10-18-9-6-8-17(4)11-12-18/h13,16H,6-12H2,1-5H3. The van der Waals surface area contributed by atoms with Crippen LogP contribution in [0.15, 0.2) is 0 Å². The van der Waals surface area contributed by atoms with E-state index in [1.165, 1.54) is 13.5 Å². The quantitative estimate of drug-likeness (QED) is 0.736. The van der Waals surface area contributed by atoms with E-state index in [2.05, 4.69) is 36.0 Å². The second kappa shape index (κ2) is 7.96. The molecule has 0 saturated carbocycles. The summed E-state index contributed by atoms with van der Waals surface area (Å²) in [6.07, 6.45) is 1.98. The van der Waals surface area contributed by atoms with Gasteiger partial charge < -0.3 is 14.5 Å². The number of hydrogen-bond donors (Lipinski definition) is 1. The lowest BCUT2D eigenvalue weighted by atomic mass is 9.96. The van der Waals surface area contributed by atoms with Crippen LogP contribution in [0, 0.1) is 0 Å². The van der Waals surface area contributed by atoms with E-state index in [9.17, 15) is 4.79 Å². The van der Waals surface area contributed by atoms with Crippen molar-refractivity contribution in [3.63, 3.8) is 0 Å². The van der Waals surface area contributed by atoms with Crippen molar-refractivity contribution in [2.24, 2.45) is 0 Å². The lowest BCUT2D eigenvalue weighted by Crippen LogP contribution is -2.54. The molecule has 1 heterocycles. The number of carbonyl (C=O) groups is 1. The molecule has 5 heteroatoms. The number of nitrogens with zero attached hydrogens (tertiary/aromatic N) is 2. The number of ether oxygens (including phenoxy) is 1. The van der Waals surface area contributed by atoms with Crippen LogP contribution >= 0.6 is 0 Å². The van der Waals surface area contributed by atoms with Gasteiger partial charge in [-0.2, -0.15) is 0 Å². The molecule has 1 fully saturated rings. The van der Waals surface area contributed by atoms with Crippen molar-refractivity contribution in [3.05, 3.63) is 0 Å². The molecule has 20 heavy (non-hydrogen) atoms. The summed E-state index contributed by atoms with van der Waals surface area (Å²) in [6, 6.07) is 0.259. The zero-order valence-electron chi connectivity index (χ0n) is 13.7. The normalized spacial score (nSPS) is 21.5. The highest BCUT2D eigenvalue weighted by Crippen LogP contribution is 2.15. The Kier molecular flexibility index (Phi) is 6.92. The summed E-state index contributed by atoms with van der Waals surface area (Å²) < 4.78 is 4.97. The average molecular weight is 285 g/mol. The summed E-state index contributed by atoms with van der Waals surface area (Å²) in [5.41, 5.74) is -0.596. The van der Waals surface area contributed by atoms with E-state index in [0.717, 1.165) is 39.1 Å². The van der Waals surface area contributed by atoms with Crippen LogP contribution in [0.5, 0.6) is 0 Å². The first kappa shape index (κ1) is 17.4. The third-order valence-electron chi connectivity index (χ3n) is 3.98. The maximum Gasteiger partial charge on any atom is 0.325 e. The molecule has 1 saturated heterocycles. The number of carbonyl (C=O) groups excluding carboxylic acids is 1. The molecule has 0 aromatic rings. The highest BCUT2D eigenvalue weighted by molar-refractivity contribution is 5.80. The van der Waals surface area contributed by atoms with Crippen molar-refractivity contribution in [1.82, 2.24) is 15.1 Å². The summed E-state index contributed by atoms with van der Waals surface area (Å²) in [6.45, 7) is 11.5. The van der Waals surface area contributed by atoms with Crippen LogP contribution in [0.3, 0.4) is 0 Å². The van der Waals surface area contributed by atoms with Gasteiger partial charge in [0.05, 0.1) is 7.11 Å². The van der Waals surface area contributed by atoms with Gasteiger partial charge in [0.15, 0.2) is 0 Å². The van der Waals surface area contributed by atoms with Crippen molar-refractivity contribution in [2.75, 3.05) is 46.9 Å². The van der Waals surface area contributed by atoms with Gasteiger partial charge in [-0.25, -0.2) is 0 Å². The average Bonchev–Trinajstić information content (AvgIpc) is 2.59. The van der Waals surface area contributed by atoms with E-state index in [1.54, 1.807) is 0 Å². The monoisotopic (exact) mass is 285 g/mol. The highest BCUT2D eigenvalue weighted by atomic mass is 16.5. The molecule has 1 atom stereocenters. The van der Waals surface area contributed by atoms with Gasteiger partial charge in [-0.3, -0.25) is 10.1 Å². The van der Waals surface area contributed by atoms with E-state index >= 15 is 0 Å². The molecule has 0 aliphatic carbocycles. The van der Waals surface area contributed by atoms with Crippen molar-refractivity contribution >= 4 is 5.97 Å². The minimum absolute atomic E-state index is 0.168. The zero-order chi connectivity index (χ0) is 15.2. The molecule has 0 aromatic carbocycles. The van der Waals surface area contributed by atoms with Crippen molar-refractivity contribution in [3.8, 4) is 0 Å². The van der Waals surface area contributed by atoms with Gasteiger partial charge in [-0.1, -0.05) is 0 Å². The predicted molar refractivity (Wildman–Crippen MR) is 81.9 cm³/mol. The molecule has 0 radical (unpaired) electrons. The summed E-state index contributed by atoms with van der Waals surface area (Å²) in [7, 11) is 3.63. The second-order valence-electron chi connectivity index (χ2n) is 6.37. The lowest BCUT2D eigenvalue weighted by Gasteiger charge is -2.32. The fourth-order valence-electron chi connectivity index (χ4n) is 2.80. The Morgan fingerprint density at radius 3 is 2.60 bits per heavy atom. The first-order chi connectivity index (χ1) is 9.37. The van der Waals surface area contributed by atoms with Crippen LogP contribution in [-0.4, -0.2) is 74.2 Å². The fraction of sp³-hybridized carbons (Fsp3) is 0.933. The van der Waals surface area contributed by atoms with Crippen LogP contribution in [-0.2, 0) is 9.53 Å². The van der Waals surface area contributed by atoms with Gasteiger partial charge in [-0.05, 0) is 53.8 Å². The van der Waals surface area contributed by atoms with Crippen molar-refractivity contribution in [2.45, 2.75) is 45.2 Å². The number of rotatable bonds is 6. The maximum absolute atomic E-state index is 12.1.